The number of ether oxygens (including phenoxy) is 2. The molecule has 28 heavy (non-hydrogen) atoms. The Morgan fingerprint density at radius 2 is 0.964 bits per heavy atom. The first-order valence-electron chi connectivity index (χ1n) is 8.72. The van der Waals surface area contributed by atoms with Gasteiger partial charge in [-0.05, 0) is 47.5 Å². The van der Waals surface area contributed by atoms with Crippen LogP contribution in [0.5, 0.6) is 11.5 Å². The van der Waals surface area contributed by atoms with E-state index in [2.05, 4.69) is 24.3 Å². The van der Waals surface area contributed by atoms with Crippen LogP contribution < -0.4 is 9.47 Å². The van der Waals surface area contributed by atoms with Crippen LogP contribution in [0.25, 0.3) is 24.3 Å². The first kappa shape index (κ1) is 20.1. The molecule has 2 nitrogen and oxygen atoms in total. The normalized spacial score (nSPS) is 11.3. The molecular formula is C24H20Cl2O2. The maximum atomic E-state index is 6.01. The molecular weight excluding hydrogens is 391 g/mol. The summed E-state index contributed by atoms with van der Waals surface area (Å²) in [6, 6.07) is 19.5. The molecule has 4 heteroatoms. The summed E-state index contributed by atoms with van der Waals surface area (Å²) in [4.78, 5) is 0. The molecule has 0 heterocycles. The van der Waals surface area contributed by atoms with Gasteiger partial charge < -0.3 is 9.47 Å². The Labute approximate surface area is 175 Å². The lowest BCUT2D eigenvalue weighted by molar-refractivity contribution is 0.414. The SMILES string of the molecule is COc1cc(Cl)ccc1/C=C/c1ccc(/C=C/c2ccc(Cl)cc2OC)cc1. The maximum Gasteiger partial charge on any atom is 0.127 e. The van der Waals surface area contributed by atoms with Crippen molar-refractivity contribution in [3.8, 4) is 11.5 Å². The Morgan fingerprint density at radius 1 is 0.571 bits per heavy atom. The van der Waals surface area contributed by atoms with Crippen molar-refractivity contribution in [3.05, 3.63) is 93.0 Å². The minimum atomic E-state index is 0.655. The first-order valence-corrected chi connectivity index (χ1v) is 9.48. The zero-order chi connectivity index (χ0) is 19.9. The number of rotatable bonds is 6. The number of hydrogen-bond acceptors (Lipinski definition) is 2. The second kappa shape index (κ2) is 9.50. The minimum Gasteiger partial charge on any atom is -0.496 e. The highest BCUT2D eigenvalue weighted by Gasteiger charge is 2.01. The van der Waals surface area contributed by atoms with Gasteiger partial charge in [0, 0.05) is 21.2 Å². The molecule has 3 aromatic carbocycles. The van der Waals surface area contributed by atoms with E-state index in [0.29, 0.717) is 10.0 Å². The summed E-state index contributed by atoms with van der Waals surface area (Å²) in [6.07, 6.45) is 8.11. The lowest BCUT2D eigenvalue weighted by Gasteiger charge is -2.05. The van der Waals surface area contributed by atoms with Crippen molar-refractivity contribution >= 4 is 47.5 Å². The van der Waals surface area contributed by atoms with Crippen molar-refractivity contribution < 1.29 is 9.47 Å². The van der Waals surface area contributed by atoms with Crippen molar-refractivity contribution in [2.45, 2.75) is 0 Å². The summed E-state index contributed by atoms with van der Waals surface area (Å²) in [6.45, 7) is 0. The molecule has 0 atom stereocenters. The van der Waals surface area contributed by atoms with Crippen LogP contribution in [-0.4, -0.2) is 14.2 Å². The molecule has 0 spiro atoms. The molecule has 0 aliphatic rings. The molecule has 0 saturated heterocycles. The number of benzene rings is 3. The van der Waals surface area contributed by atoms with Crippen molar-refractivity contribution in [2.75, 3.05) is 14.2 Å². The van der Waals surface area contributed by atoms with Gasteiger partial charge in [0.05, 0.1) is 14.2 Å². The van der Waals surface area contributed by atoms with Crippen molar-refractivity contribution in [2.24, 2.45) is 0 Å². The van der Waals surface area contributed by atoms with Gasteiger partial charge in [0.15, 0.2) is 0 Å². The summed E-state index contributed by atoms with van der Waals surface area (Å²) in [5, 5.41) is 1.31. The molecule has 0 saturated carbocycles. The van der Waals surface area contributed by atoms with Crippen LogP contribution in [0, 0.1) is 0 Å². The molecule has 0 aliphatic heterocycles. The zero-order valence-corrected chi connectivity index (χ0v) is 17.2. The minimum absolute atomic E-state index is 0.655. The molecule has 0 amide bonds. The van der Waals surface area contributed by atoms with Crippen LogP contribution in [0.1, 0.15) is 22.3 Å². The molecule has 0 N–H and O–H groups in total. The van der Waals surface area contributed by atoms with Crippen LogP contribution in [0.15, 0.2) is 60.7 Å². The highest BCUT2D eigenvalue weighted by atomic mass is 35.5. The van der Waals surface area contributed by atoms with Gasteiger partial charge in [0.2, 0.25) is 0 Å². The third-order valence-electron chi connectivity index (χ3n) is 4.24. The van der Waals surface area contributed by atoms with Gasteiger partial charge in [0.25, 0.3) is 0 Å². The van der Waals surface area contributed by atoms with Crippen molar-refractivity contribution in [3.63, 3.8) is 0 Å². The summed E-state index contributed by atoms with van der Waals surface area (Å²) in [5.74, 6) is 1.50. The van der Waals surface area contributed by atoms with Gasteiger partial charge in [-0.2, -0.15) is 0 Å². The summed E-state index contributed by atoms with van der Waals surface area (Å²) >= 11 is 12.0. The molecule has 0 bridgehead atoms. The van der Waals surface area contributed by atoms with Crippen LogP contribution in [-0.2, 0) is 0 Å². The molecule has 3 aromatic rings. The third-order valence-corrected chi connectivity index (χ3v) is 4.71. The highest BCUT2D eigenvalue weighted by Crippen LogP contribution is 2.26. The van der Waals surface area contributed by atoms with Crippen LogP contribution >= 0.6 is 23.2 Å². The highest BCUT2D eigenvalue weighted by molar-refractivity contribution is 6.31. The molecule has 0 unspecified atom stereocenters. The smallest absolute Gasteiger partial charge is 0.127 e. The van der Waals surface area contributed by atoms with Crippen LogP contribution in [0.3, 0.4) is 0 Å². The Kier molecular flexibility index (Phi) is 6.80. The average molecular weight is 411 g/mol. The van der Waals surface area contributed by atoms with E-state index in [9.17, 15) is 0 Å². The van der Waals surface area contributed by atoms with Crippen LogP contribution in [0.2, 0.25) is 10.0 Å². The van der Waals surface area contributed by atoms with E-state index in [1.807, 2.05) is 48.6 Å². The second-order valence-electron chi connectivity index (χ2n) is 6.11. The van der Waals surface area contributed by atoms with E-state index in [0.717, 1.165) is 33.8 Å². The molecule has 0 aromatic heterocycles. The molecule has 142 valence electrons. The van der Waals surface area contributed by atoms with Gasteiger partial charge in [-0.25, -0.2) is 0 Å². The fourth-order valence-corrected chi connectivity index (χ4v) is 3.06. The van der Waals surface area contributed by atoms with Gasteiger partial charge in [-0.15, -0.1) is 0 Å². The van der Waals surface area contributed by atoms with Crippen LogP contribution in [0.4, 0.5) is 0 Å². The van der Waals surface area contributed by atoms with Gasteiger partial charge in [0.1, 0.15) is 11.5 Å². The van der Waals surface area contributed by atoms with Gasteiger partial charge in [-0.1, -0.05) is 71.8 Å². The van der Waals surface area contributed by atoms with Crippen molar-refractivity contribution in [1.82, 2.24) is 0 Å². The standard InChI is InChI=1S/C24H20Cl2O2/c1-27-23-15-21(25)13-11-19(23)9-7-17-3-5-18(6-4-17)8-10-20-12-14-22(26)16-24(20)28-2/h3-16H,1-2H3/b9-7+,10-8+. The lowest BCUT2D eigenvalue weighted by atomic mass is 10.1. The molecule has 3 rings (SSSR count). The first-order chi connectivity index (χ1) is 13.6. The lowest BCUT2D eigenvalue weighted by Crippen LogP contribution is -1.86. The van der Waals surface area contributed by atoms with Gasteiger partial charge in [-0.3, -0.25) is 0 Å². The second-order valence-corrected chi connectivity index (χ2v) is 6.98. The molecule has 0 fully saturated rings. The van der Waals surface area contributed by atoms with E-state index in [-0.39, 0.29) is 0 Å². The Bertz CT molecular complexity index is 923. The predicted molar refractivity (Wildman–Crippen MR) is 120 cm³/mol. The van der Waals surface area contributed by atoms with E-state index < -0.39 is 0 Å². The maximum absolute atomic E-state index is 6.01. The molecule has 0 aliphatic carbocycles. The Balaban J connectivity index is 1.74. The molecule has 0 radical (unpaired) electrons. The van der Waals surface area contributed by atoms with E-state index in [4.69, 9.17) is 32.7 Å². The average Bonchev–Trinajstić information content (AvgIpc) is 2.72. The number of methoxy groups -OCH3 is 2. The quantitative estimate of drug-likeness (QED) is 0.395. The van der Waals surface area contributed by atoms with E-state index in [1.54, 1.807) is 26.4 Å². The zero-order valence-electron chi connectivity index (χ0n) is 15.7. The summed E-state index contributed by atoms with van der Waals surface area (Å²) < 4.78 is 10.7. The fraction of sp³-hybridized carbons (Fsp3) is 0.0833. The number of hydrogen-bond donors (Lipinski definition) is 0. The monoisotopic (exact) mass is 410 g/mol. The fourth-order valence-electron chi connectivity index (χ4n) is 2.74. The topological polar surface area (TPSA) is 18.5 Å². The van der Waals surface area contributed by atoms with E-state index >= 15 is 0 Å². The van der Waals surface area contributed by atoms with E-state index in [1.165, 1.54) is 0 Å². The summed E-state index contributed by atoms with van der Waals surface area (Å²) in [7, 11) is 3.28. The largest absolute Gasteiger partial charge is 0.496 e. The Hall–Kier alpha value is -2.68. The Morgan fingerprint density at radius 3 is 1.32 bits per heavy atom. The van der Waals surface area contributed by atoms with Gasteiger partial charge >= 0.3 is 0 Å². The third kappa shape index (κ3) is 5.19. The van der Waals surface area contributed by atoms with Crippen molar-refractivity contribution in [1.29, 1.82) is 0 Å². The summed E-state index contributed by atoms with van der Waals surface area (Å²) in [5.41, 5.74) is 4.15. The number of halogens is 2. The predicted octanol–water partition coefficient (Wildman–Crippen LogP) is 7.35.